The second kappa shape index (κ2) is 6.95. The Morgan fingerprint density at radius 2 is 1.67 bits per heavy atom. The van der Waals surface area contributed by atoms with E-state index in [4.69, 9.17) is 5.10 Å². The first kappa shape index (κ1) is 18.3. The number of hydrogen-bond donors (Lipinski definition) is 0. The summed E-state index contributed by atoms with van der Waals surface area (Å²) in [5.74, 6) is -1.59. The smallest absolute Gasteiger partial charge is 0.260 e. The second-order valence-corrected chi connectivity index (χ2v) is 7.35. The Bertz CT molecular complexity index is 1240. The number of carbonyl (C=O) groups is 1. The van der Waals surface area contributed by atoms with E-state index in [1.165, 1.54) is 11.0 Å². The van der Waals surface area contributed by atoms with Crippen molar-refractivity contribution in [2.45, 2.75) is 20.0 Å². The van der Waals surface area contributed by atoms with Crippen molar-refractivity contribution in [1.29, 1.82) is 0 Å². The van der Waals surface area contributed by atoms with E-state index < -0.39 is 23.1 Å². The molecule has 0 unspecified atom stereocenters. The molecule has 0 bridgehead atoms. The van der Waals surface area contributed by atoms with Crippen LogP contribution in [0.1, 0.15) is 27.2 Å². The number of fused-ring (bicyclic) bond motifs is 1. The third-order valence-electron chi connectivity index (χ3n) is 5.29. The van der Waals surface area contributed by atoms with E-state index >= 15 is 0 Å². The predicted molar refractivity (Wildman–Crippen MR) is 108 cm³/mol. The molecule has 0 saturated carbocycles. The summed E-state index contributed by atoms with van der Waals surface area (Å²) in [5, 5.41) is 4.74. The van der Waals surface area contributed by atoms with Gasteiger partial charge in [-0.15, -0.1) is 0 Å². The van der Waals surface area contributed by atoms with Crippen molar-refractivity contribution in [2.24, 2.45) is 0 Å². The fraction of sp³-hybridized carbons (Fsp3) is 0.130. The lowest BCUT2D eigenvalue weighted by Gasteiger charge is -2.18. The number of carbonyl (C=O) groups excluding carboxylic acids is 1. The lowest BCUT2D eigenvalue weighted by molar-refractivity contribution is 0.0739. The lowest BCUT2D eigenvalue weighted by Crippen LogP contribution is -2.28. The highest BCUT2D eigenvalue weighted by atomic mass is 19.1. The van der Waals surface area contributed by atoms with Crippen molar-refractivity contribution in [3.05, 3.63) is 101 Å². The van der Waals surface area contributed by atoms with Gasteiger partial charge in [-0.25, -0.2) is 13.5 Å². The molecule has 2 aromatic carbocycles. The van der Waals surface area contributed by atoms with Crippen LogP contribution >= 0.6 is 0 Å². The average Bonchev–Trinajstić information content (AvgIpc) is 3.43. The van der Waals surface area contributed by atoms with Gasteiger partial charge in [-0.2, -0.15) is 5.10 Å². The standard InChI is InChI=1S/C23H18F2N4O/c1-15-6-4-7-16(12-15)29-22(27-10-2-3-11-27)17-13-28(14-20(17)26-29)23(30)21-18(24)8-5-9-19(21)25/h2-12H,13-14H2,1H3. The van der Waals surface area contributed by atoms with Gasteiger partial charge >= 0.3 is 0 Å². The number of rotatable bonds is 3. The number of nitrogens with zero attached hydrogens (tertiary/aromatic N) is 4. The quantitative estimate of drug-likeness (QED) is 0.508. The molecule has 2 aromatic heterocycles. The fourth-order valence-electron chi connectivity index (χ4n) is 3.89. The highest BCUT2D eigenvalue weighted by molar-refractivity contribution is 5.95. The molecule has 0 spiro atoms. The van der Waals surface area contributed by atoms with E-state index in [1.54, 1.807) is 0 Å². The van der Waals surface area contributed by atoms with Crippen molar-refractivity contribution in [3.8, 4) is 11.5 Å². The maximum atomic E-state index is 14.1. The molecule has 4 aromatic rings. The number of benzene rings is 2. The van der Waals surface area contributed by atoms with Crippen molar-refractivity contribution in [3.63, 3.8) is 0 Å². The highest BCUT2D eigenvalue weighted by Gasteiger charge is 2.33. The maximum Gasteiger partial charge on any atom is 0.260 e. The van der Waals surface area contributed by atoms with Crippen LogP contribution in [0.4, 0.5) is 8.78 Å². The van der Waals surface area contributed by atoms with Gasteiger partial charge < -0.3 is 9.47 Å². The summed E-state index contributed by atoms with van der Waals surface area (Å²) >= 11 is 0. The largest absolute Gasteiger partial charge is 0.328 e. The van der Waals surface area contributed by atoms with Gasteiger partial charge in [0.05, 0.1) is 24.5 Å². The van der Waals surface area contributed by atoms with Crippen LogP contribution in [-0.4, -0.2) is 25.2 Å². The van der Waals surface area contributed by atoms with E-state index in [2.05, 4.69) is 0 Å². The molecule has 0 N–H and O–H groups in total. The molecule has 3 heterocycles. The minimum Gasteiger partial charge on any atom is -0.328 e. The average molecular weight is 404 g/mol. The van der Waals surface area contributed by atoms with Crippen LogP contribution < -0.4 is 0 Å². The molecule has 0 saturated heterocycles. The summed E-state index contributed by atoms with van der Waals surface area (Å²) in [4.78, 5) is 14.3. The summed E-state index contributed by atoms with van der Waals surface area (Å²) in [6, 6.07) is 15.2. The SMILES string of the molecule is Cc1cccc(-n2nc3c(c2-n2cccc2)CN(C(=O)c2c(F)cccc2F)C3)c1. The van der Waals surface area contributed by atoms with Gasteiger partial charge in [0, 0.05) is 18.0 Å². The molecule has 1 aliphatic rings. The lowest BCUT2D eigenvalue weighted by atomic mass is 10.1. The van der Waals surface area contributed by atoms with E-state index in [0.29, 0.717) is 5.69 Å². The second-order valence-electron chi connectivity index (χ2n) is 7.35. The zero-order chi connectivity index (χ0) is 20.8. The molecule has 5 rings (SSSR count). The van der Waals surface area contributed by atoms with Gasteiger partial charge in [0.15, 0.2) is 0 Å². The zero-order valence-corrected chi connectivity index (χ0v) is 16.2. The van der Waals surface area contributed by atoms with Crippen molar-refractivity contribution < 1.29 is 13.6 Å². The Morgan fingerprint density at radius 1 is 0.967 bits per heavy atom. The summed E-state index contributed by atoms with van der Waals surface area (Å²) in [5.41, 5.74) is 3.06. The first-order chi connectivity index (χ1) is 14.5. The molecule has 150 valence electrons. The Labute approximate surface area is 171 Å². The Balaban J connectivity index is 1.57. The Kier molecular flexibility index (Phi) is 4.24. The molecule has 30 heavy (non-hydrogen) atoms. The van der Waals surface area contributed by atoms with Crippen molar-refractivity contribution >= 4 is 5.91 Å². The summed E-state index contributed by atoms with van der Waals surface area (Å²) < 4.78 is 32.0. The first-order valence-corrected chi connectivity index (χ1v) is 9.57. The number of aromatic nitrogens is 3. The van der Waals surface area contributed by atoms with Crippen molar-refractivity contribution in [2.75, 3.05) is 0 Å². The van der Waals surface area contributed by atoms with Crippen LogP contribution in [-0.2, 0) is 13.1 Å². The monoisotopic (exact) mass is 404 g/mol. The molecule has 0 atom stereocenters. The molecule has 5 nitrogen and oxygen atoms in total. The number of hydrogen-bond acceptors (Lipinski definition) is 2. The molecular formula is C23H18F2N4O. The highest BCUT2D eigenvalue weighted by Crippen LogP contribution is 2.32. The van der Waals surface area contributed by atoms with Gasteiger partial charge in [0.25, 0.3) is 5.91 Å². The Morgan fingerprint density at radius 3 is 2.37 bits per heavy atom. The number of amides is 1. The molecule has 7 heteroatoms. The molecule has 0 radical (unpaired) electrons. The van der Waals surface area contributed by atoms with E-state index in [-0.39, 0.29) is 13.1 Å². The molecular weight excluding hydrogens is 386 g/mol. The summed E-state index contributed by atoms with van der Waals surface area (Å²) in [6.45, 7) is 2.43. The van der Waals surface area contributed by atoms with Crippen LogP contribution in [0.3, 0.4) is 0 Å². The summed E-state index contributed by atoms with van der Waals surface area (Å²) in [6.07, 6.45) is 3.81. The van der Waals surface area contributed by atoms with Crippen molar-refractivity contribution in [1.82, 2.24) is 19.2 Å². The third kappa shape index (κ3) is 2.90. The fourth-order valence-corrected chi connectivity index (χ4v) is 3.89. The number of halogens is 2. The van der Waals surface area contributed by atoms with Crippen LogP contribution in [0, 0.1) is 18.6 Å². The van der Waals surface area contributed by atoms with E-state index in [0.717, 1.165) is 34.8 Å². The molecule has 1 amide bonds. The topological polar surface area (TPSA) is 43.1 Å². The van der Waals surface area contributed by atoms with Crippen LogP contribution in [0.2, 0.25) is 0 Å². The van der Waals surface area contributed by atoms with Gasteiger partial charge in [-0.1, -0.05) is 18.2 Å². The van der Waals surface area contributed by atoms with Gasteiger partial charge in [-0.05, 0) is 48.9 Å². The van der Waals surface area contributed by atoms with Gasteiger partial charge in [0.1, 0.15) is 23.0 Å². The minimum absolute atomic E-state index is 0.190. The van der Waals surface area contributed by atoms with Crippen LogP contribution in [0.25, 0.3) is 11.5 Å². The van der Waals surface area contributed by atoms with E-state index in [9.17, 15) is 13.6 Å². The minimum atomic E-state index is -0.861. The first-order valence-electron chi connectivity index (χ1n) is 9.57. The maximum absolute atomic E-state index is 14.1. The Hall–Kier alpha value is -3.74. The number of aryl methyl sites for hydroxylation is 1. The normalized spacial score (nSPS) is 13.0. The molecule has 1 aliphatic heterocycles. The van der Waals surface area contributed by atoms with Gasteiger partial charge in [-0.3, -0.25) is 4.79 Å². The molecule has 0 fully saturated rings. The van der Waals surface area contributed by atoms with Gasteiger partial charge in [0.2, 0.25) is 0 Å². The zero-order valence-electron chi connectivity index (χ0n) is 16.2. The third-order valence-corrected chi connectivity index (χ3v) is 5.29. The summed E-state index contributed by atoms with van der Waals surface area (Å²) in [7, 11) is 0. The van der Waals surface area contributed by atoms with Crippen LogP contribution in [0.5, 0.6) is 0 Å². The predicted octanol–water partition coefficient (Wildman–Crippen LogP) is 4.41. The van der Waals surface area contributed by atoms with Crippen LogP contribution in [0.15, 0.2) is 67.0 Å². The molecule has 0 aliphatic carbocycles. The van der Waals surface area contributed by atoms with E-state index in [1.807, 2.05) is 65.0 Å².